The van der Waals surface area contributed by atoms with E-state index in [0.29, 0.717) is 18.0 Å². The molecule has 7 heteroatoms. The summed E-state index contributed by atoms with van der Waals surface area (Å²) >= 11 is 0. The van der Waals surface area contributed by atoms with Gasteiger partial charge in [-0.3, -0.25) is 4.79 Å². The largest absolute Gasteiger partial charge is 0.493 e. The summed E-state index contributed by atoms with van der Waals surface area (Å²) in [5.74, 6) is 0.390. The van der Waals surface area contributed by atoms with Gasteiger partial charge in [-0.15, -0.1) is 0 Å². The van der Waals surface area contributed by atoms with Crippen LogP contribution in [0.25, 0.3) is 0 Å². The fraction of sp³-hybridized carbons (Fsp3) is 0.600. The lowest BCUT2D eigenvalue weighted by Gasteiger charge is -2.20. The third-order valence-corrected chi connectivity index (χ3v) is 5.47. The molecule has 0 N–H and O–H groups in total. The SMILES string of the molecule is COC(=O)[C@@H]1CN(C(=O)OC)C[C@H]1c1ccc(OC)c(OC2CCCC2)c1. The first-order chi connectivity index (χ1) is 13.1. The van der Waals surface area contributed by atoms with Crippen molar-refractivity contribution in [2.75, 3.05) is 34.4 Å². The van der Waals surface area contributed by atoms with Crippen molar-refractivity contribution in [3.8, 4) is 11.5 Å². The van der Waals surface area contributed by atoms with Crippen molar-refractivity contribution in [1.82, 2.24) is 4.90 Å². The summed E-state index contributed by atoms with van der Waals surface area (Å²) in [5, 5.41) is 0. The zero-order chi connectivity index (χ0) is 19.4. The third-order valence-electron chi connectivity index (χ3n) is 5.47. The number of methoxy groups -OCH3 is 3. The molecule has 7 nitrogen and oxygen atoms in total. The van der Waals surface area contributed by atoms with Gasteiger partial charge in [0.25, 0.3) is 0 Å². The molecule has 0 unspecified atom stereocenters. The number of rotatable bonds is 5. The minimum absolute atomic E-state index is 0.187. The van der Waals surface area contributed by atoms with Gasteiger partial charge in [-0.2, -0.15) is 0 Å². The van der Waals surface area contributed by atoms with Crippen LogP contribution in [0.3, 0.4) is 0 Å². The summed E-state index contributed by atoms with van der Waals surface area (Å²) in [4.78, 5) is 25.8. The fourth-order valence-corrected chi connectivity index (χ4v) is 4.01. The quantitative estimate of drug-likeness (QED) is 0.735. The Balaban J connectivity index is 1.87. The average molecular weight is 377 g/mol. The highest BCUT2D eigenvalue weighted by atomic mass is 16.5. The van der Waals surface area contributed by atoms with Gasteiger partial charge in [0.05, 0.1) is 33.4 Å². The van der Waals surface area contributed by atoms with E-state index in [0.717, 1.165) is 18.4 Å². The van der Waals surface area contributed by atoms with E-state index in [-0.39, 0.29) is 24.5 Å². The Bertz CT molecular complexity index is 685. The summed E-state index contributed by atoms with van der Waals surface area (Å²) in [6.07, 6.45) is 4.18. The first-order valence-electron chi connectivity index (χ1n) is 9.32. The second-order valence-electron chi connectivity index (χ2n) is 7.05. The zero-order valence-corrected chi connectivity index (χ0v) is 16.1. The Morgan fingerprint density at radius 3 is 2.37 bits per heavy atom. The van der Waals surface area contributed by atoms with Crippen LogP contribution in [-0.2, 0) is 14.3 Å². The molecule has 0 aromatic heterocycles. The van der Waals surface area contributed by atoms with Gasteiger partial charge in [-0.05, 0) is 43.4 Å². The first kappa shape index (κ1) is 19.3. The maximum absolute atomic E-state index is 12.3. The smallest absolute Gasteiger partial charge is 0.409 e. The van der Waals surface area contributed by atoms with Gasteiger partial charge >= 0.3 is 12.1 Å². The van der Waals surface area contributed by atoms with Crippen LogP contribution in [-0.4, -0.2) is 57.5 Å². The lowest BCUT2D eigenvalue weighted by atomic mass is 9.89. The first-order valence-corrected chi connectivity index (χ1v) is 9.32. The molecule has 1 aliphatic heterocycles. The van der Waals surface area contributed by atoms with Crippen molar-refractivity contribution in [3.63, 3.8) is 0 Å². The summed E-state index contributed by atoms with van der Waals surface area (Å²) in [5.41, 5.74) is 0.922. The summed E-state index contributed by atoms with van der Waals surface area (Å²) in [6, 6.07) is 5.70. The van der Waals surface area contributed by atoms with Crippen molar-refractivity contribution in [3.05, 3.63) is 23.8 Å². The number of carbonyl (C=O) groups excluding carboxylic acids is 2. The highest BCUT2D eigenvalue weighted by Crippen LogP contribution is 2.39. The highest BCUT2D eigenvalue weighted by molar-refractivity contribution is 5.77. The average Bonchev–Trinajstić information content (AvgIpc) is 3.36. The Labute approximate surface area is 159 Å². The molecule has 1 heterocycles. The second-order valence-corrected chi connectivity index (χ2v) is 7.05. The van der Waals surface area contributed by atoms with Crippen LogP contribution in [0.2, 0.25) is 0 Å². The molecule has 0 bridgehead atoms. The molecule has 1 amide bonds. The van der Waals surface area contributed by atoms with Gasteiger partial charge in [0.2, 0.25) is 0 Å². The minimum atomic E-state index is -0.443. The fourth-order valence-electron chi connectivity index (χ4n) is 4.01. The van der Waals surface area contributed by atoms with Gasteiger partial charge in [0, 0.05) is 19.0 Å². The topological polar surface area (TPSA) is 74.3 Å². The van der Waals surface area contributed by atoms with E-state index in [1.807, 2.05) is 18.2 Å². The van der Waals surface area contributed by atoms with E-state index in [9.17, 15) is 9.59 Å². The number of carbonyl (C=O) groups is 2. The molecule has 1 saturated heterocycles. The number of ether oxygens (including phenoxy) is 4. The molecule has 2 fully saturated rings. The monoisotopic (exact) mass is 377 g/mol. The van der Waals surface area contributed by atoms with Crippen LogP contribution < -0.4 is 9.47 Å². The number of benzene rings is 1. The molecule has 0 radical (unpaired) electrons. The Morgan fingerprint density at radius 1 is 1.00 bits per heavy atom. The number of esters is 1. The number of hydrogen-bond donors (Lipinski definition) is 0. The molecule has 1 aromatic carbocycles. The predicted octanol–water partition coefficient (Wildman–Crippen LogP) is 2.97. The number of nitrogens with zero attached hydrogens (tertiary/aromatic N) is 1. The maximum Gasteiger partial charge on any atom is 0.409 e. The molecule has 0 spiro atoms. The van der Waals surface area contributed by atoms with Crippen LogP contribution in [0.5, 0.6) is 11.5 Å². The maximum atomic E-state index is 12.3. The van der Waals surface area contributed by atoms with E-state index in [4.69, 9.17) is 18.9 Å². The molecule has 1 aliphatic carbocycles. The van der Waals surface area contributed by atoms with E-state index < -0.39 is 12.0 Å². The molecule has 1 aromatic rings. The van der Waals surface area contributed by atoms with Crippen molar-refractivity contribution < 1.29 is 28.5 Å². The van der Waals surface area contributed by atoms with Gasteiger partial charge in [0.1, 0.15) is 0 Å². The van der Waals surface area contributed by atoms with Gasteiger partial charge in [0.15, 0.2) is 11.5 Å². The number of hydrogen-bond acceptors (Lipinski definition) is 6. The zero-order valence-electron chi connectivity index (χ0n) is 16.1. The molecule has 1 saturated carbocycles. The lowest BCUT2D eigenvalue weighted by molar-refractivity contribution is -0.145. The molecule has 2 atom stereocenters. The van der Waals surface area contributed by atoms with E-state index >= 15 is 0 Å². The Morgan fingerprint density at radius 2 is 1.74 bits per heavy atom. The summed E-state index contributed by atoms with van der Waals surface area (Å²) in [6.45, 7) is 0.663. The van der Waals surface area contributed by atoms with Crippen LogP contribution in [0.4, 0.5) is 4.79 Å². The Hall–Kier alpha value is -2.44. The van der Waals surface area contributed by atoms with E-state index in [1.165, 1.54) is 32.0 Å². The standard InChI is InChI=1S/C20H27NO6/c1-24-17-9-8-13(10-18(17)27-14-6-4-5-7-14)15-11-21(20(23)26-3)12-16(15)19(22)25-2/h8-10,14-16H,4-7,11-12H2,1-3H3/t15-,16+/m0/s1. The molecule has 2 aliphatic rings. The molecule has 148 valence electrons. The molecular formula is C20H27NO6. The van der Waals surface area contributed by atoms with Crippen molar-refractivity contribution >= 4 is 12.1 Å². The summed E-state index contributed by atoms with van der Waals surface area (Å²) in [7, 11) is 4.31. The van der Waals surface area contributed by atoms with Crippen LogP contribution in [0.15, 0.2) is 18.2 Å². The predicted molar refractivity (Wildman–Crippen MR) is 98.1 cm³/mol. The van der Waals surface area contributed by atoms with E-state index in [2.05, 4.69) is 0 Å². The molecule has 3 rings (SSSR count). The highest BCUT2D eigenvalue weighted by Gasteiger charge is 2.42. The van der Waals surface area contributed by atoms with Gasteiger partial charge in [-0.25, -0.2) is 4.79 Å². The number of amides is 1. The molecular weight excluding hydrogens is 350 g/mol. The van der Waals surface area contributed by atoms with Crippen LogP contribution in [0, 0.1) is 5.92 Å². The van der Waals surface area contributed by atoms with Crippen LogP contribution in [0.1, 0.15) is 37.2 Å². The minimum Gasteiger partial charge on any atom is -0.493 e. The van der Waals surface area contributed by atoms with Crippen molar-refractivity contribution in [2.24, 2.45) is 5.92 Å². The Kier molecular flexibility index (Phi) is 6.08. The normalized spacial score (nSPS) is 22.6. The van der Waals surface area contributed by atoms with Gasteiger partial charge in [-0.1, -0.05) is 6.07 Å². The van der Waals surface area contributed by atoms with Crippen molar-refractivity contribution in [1.29, 1.82) is 0 Å². The molecule has 27 heavy (non-hydrogen) atoms. The van der Waals surface area contributed by atoms with Crippen LogP contribution >= 0.6 is 0 Å². The second kappa shape index (κ2) is 8.50. The summed E-state index contributed by atoms with van der Waals surface area (Å²) < 4.78 is 21.4. The number of likely N-dealkylation sites (tertiary alicyclic amines) is 1. The van der Waals surface area contributed by atoms with Crippen molar-refractivity contribution in [2.45, 2.75) is 37.7 Å². The lowest BCUT2D eigenvalue weighted by Crippen LogP contribution is -2.29. The van der Waals surface area contributed by atoms with E-state index in [1.54, 1.807) is 7.11 Å². The van der Waals surface area contributed by atoms with Gasteiger partial charge < -0.3 is 23.8 Å². The third kappa shape index (κ3) is 4.12.